The first-order chi connectivity index (χ1) is 12.9. The van der Waals surface area contributed by atoms with Gasteiger partial charge in [0.25, 0.3) is 5.88 Å². The van der Waals surface area contributed by atoms with Gasteiger partial charge in [0.2, 0.25) is 0 Å². The molecule has 4 aromatic rings. The topological polar surface area (TPSA) is 57.1 Å². The standard InChI is InChI=1S/C21H15N3O2/c1-2-19-21(24-8-1)25-13-20(26-19)15-3-4-18-17(12-15)16(7-11-23-18)14-5-9-22-10-6-14/h1-12,20H,13H2. The summed E-state index contributed by atoms with van der Waals surface area (Å²) in [6.45, 7) is 0.431. The van der Waals surface area contributed by atoms with Gasteiger partial charge in [0, 0.05) is 30.2 Å². The lowest BCUT2D eigenvalue weighted by Crippen LogP contribution is -2.22. The Labute approximate surface area is 150 Å². The largest absolute Gasteiger partial charge is 0.476 e. The van der Waals surface area contributed by atoms with Crippen molar-refractivity contribution in [3.8, 4) is 22.8 Å². The first kappa shape index (κ1) is 14.8. The van der Waals surface area contributed by atoms with Crippen LogP contribution in [0.2, 0.25) is 0 Å². The lowest BCUT2D eigenvalue weighted by molar-refractivity contribution is 0.0864. The SMILES string of the molecule is c1cnc2c(c1)OC(c1ccc3nccc(-c4ccncc4)c3c1)CO2. The summed E-state index contributed by atoms with van der Waals surface area (Å²) in [7, 11) is 0. The summed E-state index contributed by atoms with van der Waals surface area (Å²) in [5, 5.41) is 1.08. The third-order valence-electron chi connectivity index (χ3n) is 4.51. The van der Waals surface area contributed by atoms with Crippen LogP contribution in [0, 0.1) is 0 Å². The summed E-state index contributed by atoms with van der Waals surface area (Å²) in [5.41, 5.74) is 4.23. The third kappa shape index (κ3) is 2.54. The van der Waals surface area contributed by atoms with Gasteiger partial charge in [0.15, 0.2) is 11.9 Å². The monoisotopic (exact) mass is 341 g/mol. The van der Waals surface area contributed by atoms with Gasteiger partial charge in [-0.15, -0.1) is 0 Å². The van der Waals surface area contributed by atoms with Gasteiger partial charge in [-0.05, 0) is 59.2 Å². The summed E-state index contributed by atoms with van der Waals surface area (Å²) in [5.74, 6) is 1.22. The van der Waals surface area contributed by atoms with E-state index in [-0.39, 0.29) is 6.10 Å². The molecule has 5 rings (SSSR count). The molecule has 1 aromatic carbocycles. The second kappa shape index (κ2) is 6.11. The second-order valence-corrected chi connectivity index (χ2v) is 6.10. The molecule has 0 aliphatic carbocycles. The maximum absolute atomic E-state index is 6.09. The summed E-state index contributed by atoms with van der Waals surface area (Å²) < 4.78 is 11.9. The average molecular weight is 341 g/mol. The minimum Gasteiger partial charge on any atom is -0.476 e. The highest BCUT2D eigenvalue weighted by Crippen LogP contribution is 2.36. The van der Waals surface area contributed by atoms with Crippen molar-refractivity contribution < 1.29 is 9.47 Å². The molecule has 1 aliphatic rings. The van der Waals surface area contributed by atoms with E-state index in [0.29, 0.717) is 18.2 Å². The van der Waals surface area contributed by atoms with Crippen molar-refractivity contribution in [3.63, 3.8) is 0 Å². The van der Waals surface area contributed by atoms with Crippen LogP contribution in [0.25, 0.3) is 22.0 Å². The Hall–Kier alpha value is -3.47. The Balaban J connectivity index is 1.58. The quantitative estimate of drug-likeness (QED) is 0.547. The molecular formula is C21H15N3O2. The number of pyridine rings is 3. The fraction of sp³-hybridized carbons (Fsp3) is 0.0952. The van der Waals surface area contributed by atoms with Crippen molar-refractivity contribution in [1.82, 2.24) is 15.0 Å². The number of rotatable bonds is 2. The lowest BCUT2D eigenvalue weighted by atomic mass is 9.99. The van der Waals surface area contributed by atoms with Gasteiger partial charge in [0.05, 0.1) is 5.52 Å². The molecule has 1 unspecified atom stereocenters. The van der Waals surface area contributed by atoms with E-state index in [0.717, 1.165) is 27.6 Å². The first-order valence-electron chi connectivity index (χ1n) is 8.42. The molecule has 1 atom stereocenters. The van der Waals surface area contributed by atoms with Gasteiger partial charge in [-0.25, -0.2) is 4.98 Å². The first-order valence-corrected chi connectivity index (χ1v) is 8.42. The van der Waals surface area contributed by atoms with Crippen molar-refractivity contribution in [3.05, 3.63) is 78.9 Å². The van der Waals surface area contributed by atoms with Crippen molar-refractivity contribution >= 4 is 10.9 Å². The van der Waals surface area contributed by atoms with Crippen molar-refractivity contribution in [1.29, 1.82) is 0 Å². The maximum atomic E-state index is 6.09. The minimum absolute atomic E-state index is 0.179. The number of benzene rings is 1. The van der Waals surface area contributed by atoms with Crippen LogP contribution >= 0.6 is 0 Å². The number of fused-ring (bicyclic) bond motifs is 2. The molecule has 5 nitrogen and oxygen atoms in total. The highest BCUT2D eigenvalue weighted by Gasteiger charge is 2.23. The fourth-order valence-corrected chi connectivity index (χ4v) is 3.23. The van der Waals surface area contributed by atoms with Crippen molar-refractivity contribution in [2.75, 3.05) is 6.61 Å². The zero-order valence-electron chi connectivity index (χ0n) is 13.9. The van der Waals surface area contributed by atoms with E-state index in [1.165, 1.54) is 0 Å². The van der Waals surface area contributed by atoms with Crippen LogP contribution in [-0.4, -0.2) is 21.6 Å². The highest BCUT2D eigenvalue weighted by molar-refractivity contribution is 5.94. The molecule has 0 amide bonds. The number of aromatic nitrogens is 3. The molecule has 5 heteroatoms. The predicted octanol–water partition coefficient (Wildman–Crippen LogP) is 4.20. The van der Waals surface area contributed by atoms with E-state index in [2.05, 4.69) is 21.0 Å². The molecule has 126 valence electrons. The smallest absolute Gasteiger partial charge is 0.257 e. The number of hydrogen-bond acceptors (Lipinski definition) is 5. The van der Waals surface area contributed by atoms with E-state index in [4.69, 9.17) is 9.47 Å². The van der Waals surface area contributed by atoms with Gasteiger partial charge >= 0.3 is 0 Å². The molecule has 4 heterocycles. The number of hydrogen-bond donors (Lipinski definition) is 0. The zero-order chi connectivity index (χ0) is 17.3. The Morgan fingerprint density at radius 2 is 1.81 bits per heavy atom. The molecular weight excluding hydrogens is 326 g/mol. The molecule has 0 fully saturated rings. The van der Waals surface area contributed by atoms with E-state index in [1.54, 1.807) is 18.6 Å². The Morgan fingerprint density at radius 1 is 0.885 bits per heavy atom. The molecule has 0 N–H and O–H groups in total. The number of nitrogens with zero attached hydrogens (tertiary/aromatic N) is 3. The molecule has 0 spiro atoms. The van der Waals surface area contributed by atoms with Gasteiger partial charge in [-0.1, -0.05) is 6.07 Å². The average Bonchev–Trinajstić information content (AvgIpc) is 2.73. The summed E-state index contributed by atoms with van der Waals surface area (Å²) in [6, 6.07) is 16.0. The van der Waals surface area contributed by atoms with Crippen LogP contribution in [0.15, 0.2) is 73.3 Å². The summed E-state index contributed by atoms with van der Waals surface area (Å²) in [6.07, 6.45) is 6.95. The van der Waals surface area contributed by atoms with Crippen LogP contribution in [0.1, 0.15) is 11.7 Å². The molecule has 0 radical (unpaired) electrons. The zero-order valence-corrected chi connectivity index (χ0v) is 13.9. The molecule has 3 aromatic heterocycles. The minimum atomic E-state index is -0.179. The normalized spacial score (nSPS) is 15.8. The Morgan fingerprint density at radius 3 is 2.73 bits per heavy atom. The summed E-state index contributed by atoms with van der Waals surface area (Å²) >= 11 is 0. The van der Waals surface area contributed by atoms with E-state index in [1.807, 2.05) is 48.7 Å². The van der Waals surface area contributed by atoms with Gasteiger partial charge in [-0.2, -0.15) is 0 Å². The van der Waals surface area contributed by atoms with E-state index >= 15 is 0 Å². The predicted molar refractivity (Wildman–Crippen MR) is 98.1 cm³/mol. The maximum Gasteiger partial charge on any atom is 0.257 e. The van der Waals surface area contributed by atoms with Crippen molar-refractivity contribution in [2.24, 2.45) is 0 Å². The molecule has 26 heavy (non-hydrogen) atoms. The van der Waals surface area contributed by atoms with E-state index in [9.17, 15) is 0 Å². The van der Waals surface area contributed by atoms with Gasteiger partial charge in [0.1, 0.15) is 6.61 Å². The fourth-order valence-electron chi connectivity index (χ4n) is 3.23. The van der Waals surface area contributed by atoms with Crippen LogP contribution in [0.3, 0.4) is 0 Å². The van der Waals surface area contributed by atoms with Gasteiger partial charge in [-0.3, -0.25) is 9.97 Å². The molecule has 0 bridgehead atoms. The Bertz CT molecular complexity index is 1080. The van der Waals surface area contributed by atoms with Crippen LogP contribution in [0.4, 0.5) is 0 Å². The highest BCUT2D eigenvalue weighted by atomic mass is 16.6. The Kier molecular flexibility index (Phi) is 3.49. The van der Waals surface area contributed by atoms with Crippen LogP contribution in [0.5, 0.6) is 11.6 Å². The molecule has 1 aliphatic heterocycles. The third-order valence-corrected chi connectivity index (χ3v) is 4.51. The van der Waals surface area contributed by atoms with Crippen LogP contribution in [-0.2, 0) is 0 Å². The second-order valence-electron chi connectivity index (χ2n) is 6.10. The molecule has 0 saturated heterocycles. The van der Waals surface area contributed by atoms with Crippen LogP contribution < -0.4 is 9.47 Å². The molecule has 0 saturated carbocycles. The lowest BCUT2D eigenvalue weighted by Gasteiger charge is -2.26. The van der Waals surface area contributed by atoms with Crippen molar-refractivity contribution in [2.45, 2.75) is 6.10 Å². The van der Waals surface area contributed by atoms with E-state index < -0.39 is 0 Å². The van der Waals surface area contributed by atoms with Gasteiger partial charge < -0.3 is 9.47 Å². The summed E-state index contributed by atoms with van der Waals surface area (Å²) in [4.78, 5) is 12.8. The number of ether oxygens (including phenoxy) is 2.